The molecule has 1 saturated carbocycles. The number of carbonyl (C=O) groups excluding carboxylic acids is 1. The Morgan fingerprint density at radius 1 is 1.18 bits per heavy atom. The molecule has 0 radical (unpaired) electrons. The summed E-state index contributed by atoms with van der Waals surface area (Å²) in [5, 5.41) is 42.4. The van der Waals surface area contributed by atoms with Gasteiger partial charge in [-0.1, -0.05) is 30.3 Å². The summed E-state index contributed by atoms with van der Waals surface area (Å²) in [5.41, 5.74) is 0.606. The van der Waals surface area contributed by atoms with Crippen LogP contribution in [0.2, 0.25) is 0 Å². The fourth-order valence-electron chi connectivity index (χ4n) is 3.33. The molecule has 12 heteroatoms. The lowest BCUT2D eigenvalue weighted by Gasteiger charge is -2.40. The van der Waals surface area contributed by atoms with E-state index in [0.29, 0.717) is 18.4 Å². The van der Waals surface area contributed by atoms with Crippen LogP contribution < -0.4 is 10.0 Å². The Bertz CT molecular complexity index is 1020. The standard InChI is InChI=1S/C21H26N2O9S/c24-11-15(25)18(26)19-17(22-20(27)13-6-7-13)14(10-16(32-19)21(28)29)23-33(30,31)9-8-12-4-2-1-3-5-12/h1-5,8-10,13-15,17-19,23-26H,6-7,11H2,(H,22,27)(H,28,29)/b9-8+/t14-,15?,17+,18+,19+/m0/s1. The SMILES string of the molecule is O=C(O)C1=C[C@H](NS(=O)(=O)/C=C/c2ccccc2)[C@@H](NC(=O)C2CC2)[C@H]([C@H](O)C(O)CO)O1. The number of carboxylic acid groups (broad SMARTS) is 1. The van der Waals surface area contributed by atoms with Gasteiger partial charge in [0, 0.05) is 11.3 Å². The van der Waals surface area contributed by atoms with Gasteiger partial charge in [0.25, 0.3) is 0 Å². The van der Waals surface area contributed by atoms with Crippen LogP contribution >= 0.6 is 0 Å². The first-order valence-corrected chi connectivity index (χ1v) is 11.8. The minimum absolute atomic E-state index is 0.286. The van der Waals surface area contributed by atoms with E-state index in [-0.39, 0.29) is 5.92 Å². The molecule has 1 unspecified atom stereocenters. The molecular formula is C21H26N2O9S. The highest BCUT2D eigenvalue weighted by Crippen LogP contribution is 2.30. The summed E-state index contributed by atoms with van der Waals surface area (Å²) >= 11 is 0. The third kappa shape index (κ3) is 6.62. The van der Waals surface area contributed by atoms with Gasteiger partial charge in [-0.25, -0.2) is 17.9 Å². The number of aliphatic hydroxyl groups excluding tert-OH is 3. The number of hydrogen-bond donors (Lipinski definition) is 6. The molecule has 1 aromatic rings. The van der Waals surface area contributed by atoms with Crippen LogP contribution in [0.1, 0.15) is 18.4 Å². The molecule has 1 aromatic carbocycles. The van der Waals surface area contributed by atoms with Gasteiger partial charge in [0.1, 0.15) is 18.3 Å². The molecule has 3 rings (SSSR count). The van der Waals surface area contributed by atoms with Gasteiger partial charge in [-0.05, 0) is 30.6 Å². The molecule has 180 valence electrons. The topological polar surface area (TPSA) is 182 Å². The lowest BCUT2D eigenvalue weighted by molar-refractivity contribution is -0.146. The highest BCUT2D eigenvalue weighted by molar-refractivity contribution is 7.92. The molecule has 0 aromatic heterocycles. The van der Waals surface area contributed by atoms with Crippen molar-refractivity contribution in [2.45, 2.75) is 43.2 Å². The van der Waals surface area contributed by atoms with Crippen LogP contribution in [0.15, 0.2) is 47.6 Å². The molecule has 11 nitrogen and oxygen atoms in total. The van der Waals surface area contributed by atoms with E-state index in [1.54, 1.807) is 30.3 Å². The number of amides is 1. The largest absolute Gasteiger partial charge is 0.478 e. The van der Waals surface area contributed by atoms with Crippen LogP contribution in [0.3, 0.4) is 0 Å². The Morgan fingerprint density at radius 2 is 1.85 bits per heavy atom. The second-order valence-electron chi connectivity index (χ2n) is 7.87. The number of carbonyl (C=O) groups is 2. The number of sulfonamides is 1. The van der Waals surface area contributed by atoms with Crippen LogP contribution in [0.25, 0.3) is 6.08 Å². The first kappa shape index (κ1) is 24.9. The fourth-order valence-corrected chi connectivity index (χ4v) is 4.34. The molecule has 1 aliphatic heterocycles. The molecule has 5 atom stereocenters. The maximum atomic E-state index is 12.7. The second kappa shape index (κ2) is 10.4. The summed E-state index contributed by atoms with van der Waals surface area (Å²) < 4.78 is 33.0. The van der Waals surface area contributed by atoms with E-state index in [9.17, 15) is 38.4 Å². The van der Waals surface area contributed by atoms with Crippen molar-refractivity contribution in [1.29, 1.82) is 0 Å². The molecule has 0 bridgehead atoms. The number of ether oxygens (including phenoxy) is 1. The van der Waals surface area contributed by atoms with E-state index < -0.39 is 64.7 Å². The lowest BCUT2D eigenvalue weighted by atomic mass is 9.92. The summed E-state index contributed by atoms with van der Waals surface area (Å²) in [7, 11) is -4.15. The molecule has 1 fully saturated rings. The zero-order chi connectivity index (χ0) is 24.2. The van der Waals surface area contributed by atoms with E-state index >= 15 is 0 Å². The molecule has 6 N–H and O–H groups in total. The number of rotatable bonds is 10. The highest BCUT2D eigenvalue weighted by atomic mass is 32.2. The third-order valence-electron chi connectivity index (χ3n) is 5.26. The van der Waals surface area contributed by atoms with Crippen molar-refractivity contribution in [2.24, 2.45) is 5.92 Å². The second-order valence-corrected chi connectivity index (χ2v) is 9.47. The normalized spacial score (nSPS) is 25.1. The Labute approximate surface area is 190 Å². The van der Waals surface area contributed by atoms with Crippen LogP contribution in [0.4, 0.5) is 0 Å². The van der Waals surface area contributed by atoms with E-state index in [4.69, 9.17) is 4.74 Å². The van der Waals surface area contributed by atoms with Gasteiger partial charge in [-0.2, -0.15) is 0 Å². The maximum absolute atomic E-state index is 12.7. The van der Waals surface area contributed by atoms with Crippen molar-refractivity contribution >= 4 is 28.0 Å². The number of aliphatic carboxylic acids is 1. The van der Waals surface area contributed by atoms with Gasteiger partial charge in [0.15, 0.2) is 0 Å². The van der Waals surface area contributed by atoms with E-state index in [1.807, 2.05) is 0 Å². The fraction of sp³-hybridized carbons (Fsp3) is 0.429. The average molecular weight is 483 g/mol. The molecule has 1 heterocycles. The lowest BCUT2D eigenvalue weighted by Crippen LogP contribution is -2.63. The number of hydrogen-bond acceptors (Lipinski definition) is 8. The highest BCUT2D eigenvalue weighted by Gasteiger charge is 2.46. The summed E-state index contributed by atoms with van der Waals surface area (Å²) in [6, 6.07) is 5.99. The predicted octanol–water partition coefficient (Wildman–Crippen LogP) is -1.08. The predicted molar refractivity (Wildman–Crippen MR) is 116 cm³/mol. The molecular weight excluding hydrogens is 456 g/mol. The Kier molecular flexibility index (Phi) is 7.87. The average Bonchev–Trinajstić information content (AvgIpc) is 3.63. The van der Waals surface area contributed by atoms with Crippen molar-refractivity contribution in [2.75, 3.05) is 6.61 Å². The number of carboxylic acids is 1. The summed E-state index contributed by atoms with van der Waals surface area (Å²) in [6.07, 6.45) is -1.52. The van der Waals surface area contributed by atoms with Crippen LogP contribution in [0, 0.1) is 5.92 Å². The molecule has 1 amide bonds. The molecule has 2 aliphatic rings. The van der Waals surface area contributed by atoms with Gasteiger partial charge < -0.3 is 30.5 Å². The Morgan fingerprint density at radius 3 is 2.42 bits per heavy atom. The van der Waals surface area contributed by atoms with Crippen LogP contribution in [-0.2, 0) is 24.3 Å². The van der Waals surface area contributed by atoms with E-state index in [1.165, 1.54) is 6.08 Å². The number of nitrogens with one attached hydrogen (secondary N) is 2. The van der Waals surface area contributed by atoms with Crippen LogP contribution in [-0.4, -0.2) is 77.7 Å². The summed E-state index contributed by atoms with van der Waals surface area (Å²) in [6.45, 7) is -0.868. The summed E-state index contributed by atoms with van der Waals surface area (Å²) in [4.78, 5) is 24.0. The van der Waals surface area contributed by atoms with Gasteiger partial charge >= 0.3 is 5.97 Å². The van der Waals surface area contributed by atoms with Crippen molar-refractivity contribution < 1.29 is 43.2 Å². The molecule has 0 spiro atoms. The van der Waals surface area contributed by atoms with Crippen molar-refractivity contribution in [3.63, 3.8) is 0 Å². The Hall–Kier alpha value is -2.77. The maximum Gasteiger partial charge on any atom is 0.370 e. The first-order valence-electron chi connectivity index (χ1n) is 10.3. The smallest absolute Gasteiger partial charge is 0.370 e. The minimum atomic E-state index is -4.15. The number of benzene rings is 1. The van der Waals surface area contributed by atoms with Gasteiger partial charge in [-0.3, -0.25) is 4.79 Å². The van der Waals surface area contributed by atoms with E-state index in [0.717, 1.165) is 11.5 Å². The molecule has 33 heavy (non-hydrogen) atoms. The quantitative estimate of drug-likeness (QED) is 0.242. The van der Waals surface area contributed by atoms with Crippen molar-refractivity contribution in [1.82, 2.24) is 10.0 Å². The molecule has 0 saturated heterocycles. The molecule has 1 aliphatic carbocycles. The van der Waals surface area contributed by atoms with E-state index in [2.05, 4.69) is 10.0 Å². The minimum Gasteiger partial charge on any atom is -0.478 e. The van der Waals surface area contributed by atoms with Gasteiger partial charge in [0.2, 0.25) is 21.7 Å². The zero-order valence-electron chi connectivity index (χ0n) is 17.4. The monoisotopic (exact) mass is 482 g/mol. The van der Waals surface area contributed by atoms with Crippen molar-refractivity contribution in [3.8, 4) is 0 Å². The summed E-state index contributed by atoms with van der Waals surface area (Å²) in [5.74, 6) is -2.93. The third-order valence-corrected chi connectivity index (χ3v) is 6.36. The number of aliphatic hydroxyl groups is 3. The van der Waals surface area contributed by atoms with Gasteiger partial charge in [0.05, 0.1) is 18.7 Å². The van der Waals surface area contributed by atoms with Gasteiger partial charge in [-0.15, -0.1) is 0 Å². The van der Waals surface area contributed by atoms with Crippen molar-refractivity contribution in [3.05, 3.63) is 53.1 Å². The Balaban J connectivity index is 1.92. The van der Waals surface area contributed by atoms with Crippen LogP contribution in [0.5, 0.6) is 0 Å². The first-order chi connectivity index (χ1) is 15.6. The zero-order valence-corrected chi connectivity index (χ0v) is 18.3.